The van der Waals surface area contributed by atoms with Gasteiger partial charge in [-0.15, -0.1) is 0 Å². The lowest BCUT2D eigenvalue weighted by molar-refractivity contribution is 0.0951. The fourth-order valence-corrected chi connectivity index (χ4v) is 4.99. The van der Waals surface area contributed by atoms with Crippen molar-refractivity contribution in [3.05, 3.63) is 88.9 Å². The second-order valence-electron chi connectivity index (χ2n) is 7.66. The van der Waals surface area contributed by atoms with Crippen LogP contribution >= 0.6 is 11.6 Å². The molecule has 1 amide bonds. The van der Waals surface area contributed by atoms with Gasteiger partial charge in [0.1, 0.15) is 0 Å². The van der Waals surface area contributed by atoms with Gasteiger partial charge >= 0.3 is 0 Å². The maximum Gasteiger partial charge on any atom is 0.261 e. The lowest BCUT2D eigenvalue weighted by Gasteiger charge is -2.17. The summed E-state index contributed by atoms with van der Waals surface area (Å²) in [5, 5.41) is 3.03. The first-order valence-corrected chi connectivity index (χ1v) is 12.3. The molecule has 1 fully saturated rings. The van der Waals surface area contributed by atoms with E-state index >= 15 is 0 Å². The summed E-state index contributed by atoms with van der Waals surface area (Å²) in [7, 11) is -3.73. The van der Waals surface area contributed by atoms with Crippen LogP contribution in [0.1, 0.15) is 28.8 Å². The maximum absolute atomic E-state index is 12.6. The van der Waals surface area contributed by atoms with Gasteiger partial charge in [-0.3, -0.25) is 9.52 Å². The summed E-state index contributed by atoms with van der Waals surface area (Å²) >= 11 is 6.27. The number of carbonyl (C=O) groups excluding carboxylic acids is 1. The van der Waals surface area contributed by atoms with E-state index in [9.17, 15) is 13.2 Å². The zero-order valence-corrected chi connectivity index (χ0v) is 19.0. The van der Waals surface area contributed by atoms with Crippen LogP contribution in [0.3, 0.4) is 0 Å². The Morgan fingerprint density at radius 1 is 0.938 bits per heavy atom. The van der Waals surface area contributed by atoms with E-state index in [2.05, 4.69) is 27.1 Å². The fourth-order valence-electron chi connectivity index (χ4n) is 3.65. The monoisotopic (exact) mass is 469 g/mol. The molecule has 0 spiro atoms. The molecule has 0 unspecified atom stereocenters. The topological polar surface area (TPSA) is 78.5 Å². The van der Waals surface area contributed by atoms with Crippen molar-refractivity contribution in [2.45, 2.75) is 24.3 Å². The molecule has 0 radical (unpaired) electrons. The van der Waals surface area contributed by atoms with Gasteiger partial charge in [-0.1, -0.05) is 41.9 Å². The third-order valence-corrected chi connectivity index (χ3v) is 7.09. The Labute approximate surface area is 193 Å². The number of hydrogen-bond donors (Lipinski definition) is 2. The summed E-state index contributed by atoms with van der Waals surface area (Å²) in [5.74, 6) is -0.323. The van der Waals surface area contributed by atoms with Gasteiger partial charge in [-0.05, 0) is 60.9 Å². The number of sulfonamides is 1. The Bertz CT molecular complexity index is 1190. The number of amides is 1. The highest BCUT2D eigenvalue weighted by molar-refractivity contribution is 7.92. The van der Waals surface area contributed by atoms with Crippen molar-refractivity contribution in [1.29, 1.82) is 0 Å². The summed E-state index contributed by atoms with van der Waals surface area (Å²) in [4.78, 5) is 15.1. The average Bonchev–Trinajstić information content (AvgIpc) is 3.33. The predicted molar refractivity (Wildman–Crippen MR) is 128 cm³/mol. The number of benzene rings is 3. The van der Waals surface area contributed by atoms with Crippen molar-refractivity contribution in [1.82, 2.24) is 5.32 Å². The molecule has 8 heteroatoms. The summed E-state index contributed by atoms with van der Waals surface area (Å²) in [5.41, 5.74) is 2.76. The largest absolute Gasteiger partial charge is 0.372 e. The summed E-state index contributed by atoms with van der Waals surface area (Å²) in [6.45, 7) is 2.55. The van der Waals surface area contributed by atoms with Crippen LogP contribution in [0.2, 0.25) is 5.02 Å². The number of halogens is 1. The van der Waals surface area contributed by atoms with Gasteiger partial charge in [0, 0.05) is 25.3 Å². The van der Waals surface area contributed by atoms with E-state index in [1.54, 1.807) is 18.2 Å². The predicted octanol–water partition coefficient (Wildman–Crippen LogP) is 4.67. The van der Waals surface area contributed by atoms with Crippen molar-refractivity contribution in [2.75, 3.05) is 22.7 Å². The Morgan fingerprint density at radius 3 is 2.28 bits per heavy atom. The van der Waals surface area contributed by atoms with E-state index in [1.807, 2.05) is 12.1 Å². The van der Waals surface area contributed by atoms with E-state index in [0.717, 1.165) is 18.7 Å². The first-order valence-electron chi connectivity index (χ1n) is 10.4. The molecule has 32 heavy (non-hydrogen) atoms. The fraction of sp³-hybridized carbons (Fsp3) is 0.208. The molecule has 3 aromatic rings. The minimum Gasteiger partial charge on any atom is -0.372 e. The number of nitrogens with one attached hydrogen (secondary N) is 2. The van der Waals surface area contributed by atoms with Gasteiger partial charge in [-0.2, -0.15) is 0 Å². The van der Waals surface area contributed by atoms with Gasteiger partial charge in [-0.25, -0.2) is 8.42 Å². The van der Waals surface area contributed by atoms with Gasteiger partial charge in [0.05, 0.1) is 21.2 Å². The van der Waals surface area contributed by atoms with Crippen LogP contribution < -0.4 is 14.9 Å². The van der Waals surface area contributed by atoms with Gasteiger partial charge in [0.2, 0.25) is 0 Å². The van der Waals surface area contributed by atoms with Gasteiger partial charge in [0.25, 0.3) is 15.9 Å². The second-order valence-corrected chi connectivity index (χ2v) is 9.75. The lowest BCUT2D eigenvalue weighted by Crippen LogP contribution is -2.23. The average molecular weight is 470 g/mol. The van der Waals surface area contributed by atoms with Crippen molar-refractivity contribution < 1.29 is 13.2 Å². The quantitative estimate of drug-likeness (QED) is 0.527. The number of nitrogens with zero attached hydrogens (tertiary/aromatic N) is 1. The highest BCUT2D eigenvalue weighted by atomic mass is 35.5. The van der Waals surface area contributed by atoms with E-state index in [1.165, 1.54) is 48.9 Å². The summed E-state index contributed by atoms with van der Waals surface area (Å²) < 4.78 is 27.4. The molecule has 2 N–H and O–H groups in total. The number of rotatable bonds is 7. The first kappa shape index (κ1) is 22.2. The van der Waals surface area contributed by atoms with E-state index in [0.29, 0.717) is 6.54 Å². The molecule has 0 saturated carbocycles. The lowest BCUT2D eigenvalue weighted by atomic mass is 10.1. The van der Waals surface area contributed by atoms with E-state index in [-0.39, 0.29) is 27.1 Å². The van der Waals surface area contributed by atoms with Crippen LogP contribution in [0, 0.1) is 0 Å². The van der Waals surface area contributed by atoms with E-state index < -0.39 is 10.0 Å². The molecule has 0 bridgehead atoms. The molecule has 6 nitrogen and oxygen atoms in total. The van der Waals surface area contributed by atoms with E-state index in [4.69, 9.17) is 11.6 Å². The van der Waals surface area contributed by atoms with Gasteiger partial charge in [0.15, 0.2) is 0 Å². The molecule has 0 aromatic heterocycles. The Kier molecular flexibility index (Phi) is 6.67. The summed E-state index contributed by atoms with van der Waals surface area (Å²) in [6.07, 6.45) is 2.45. The molecular weight excluding hydrogens is 446 g/mol. The first-order chi connectivity index (χ1) is 15.4. The maximum atomic E-state index is 12.6. The Hall–Kier alpha value is -3.03. The van der Waals surface area contributed by atoms with Crippen molar-refractivity contribution >= 4 is 38.9 Å². The van der Waals surface area contributed by atoms with Crippen LogP contribution in [0.5, 0.6) is 0 Å². The zero-order chi connectivity index (χ0) is 22.6. The molecule has 166 valence electrons. The zero-order valence-electron chi connectivity index (χ0n) is 17.4. The molecular formula is C24H24ClN3O3S. The highest BCUT2D eigenvalue weighted by Gasteiger charge is 2.16. The third kappa shape index (κ3) is 5.23. The second kappa shape index (κ2) is 9.63. The molecule has 1 aliphatic rings. The minimum atomic E-state index is -3.73. The Morgan fingerprint density at radius 2 is 1.62 bits per heavy atom. The third-order valence-electron chi connectivity index (χ3n) is 5.38. The molecule has 0 atom stereocenters. The SMILES string of the molecule is O=C(NCc1ccc(N2CCCC2)cc1)c1ccc(NS(=O)(=O)c2ccccc2)cc1Cl. The van der Waals surface area contributed by atoms with Crippen LogP contribution in [-0.4, -0.2) is 27.4 Å². The minimum absolute atomic E-state index is 0.147. The molecule has 0 aliphatic carbocycles. The summed E-state index contributed by atoms with van der Waals surface area (Å²) in [6, 6.07) is 20.7. The molecule has 1 aliphatic heterocycles. The van der Waals surface area contributed by atoms with Crippen molar-refractivity contribution in [2.24, 2.45) is 0 Å². The normalized spacial score (nSPS) is 13.7. The van der Waals surface area contributed by atoms with Crippen molar-refractivity contribution in [3.8, 4) is 0 Å². The van der Waals surface area contributed by atoms with Gasteiger partial charge < -0.3 is 10.2 Å². The van der Waals surface area contributed by atoms with Crippen LogP contribution in [-0.2, 0) is 16.6 Å². The smallest absolute Gasteiger partial charge is 0.261 e. The Balaban J connectivity index is 1.38. The van der Waals surface area contributed by atoms with Crippen molar-refractivity contribution in [3.63, 3.8) is 0 Å². The number of hydrogen-bond acceptors (Lipinski definition) is 4. The van der Waals surface area contributed by atoms with Crippen LogP contribution in [0.25, 0.3) is 0 Å². The molecule has 1 saturated heterocycles. The molecule has 1 heterocycles. The van der Waals surface area contributed by atoms with Crippen LogP contribution in [0.15, 0.2) is 77.7 Å². The highest BCUT2D eigenvalue weighted by Crippen LogP contribution is 2.24. The molecule has 4 rings (SSSR count). The van der Waals surface area contributed by atoms with Crippen LogP contribution in [0.4, 0.5) is 11.4 Å². The number of anilines is 2. The molecule has 3 aromatic carbocycles. The standard InChI is InChI=1S/C24H24ClN3O3S/c25-23-16-19(27-32(30,31)21-6-2-1-3-7-21)10-13-22(23)24(29)26-17-18-8-11-20(12-9-18)28-14-4-5-15-28/h1-3,6-13,16,27H,4-5,14-15,17H2,(H,26,29). The number of carbonyl (C=O) groups is 1.